The number of hydrogen-bond donors (Lipinski definition) is 0. The largest absolute Gasteiger partial charge is 1.00 e. The zero-order valence-corrected chi connectivity index (χ0v) is 16.6. The van der Waals surface area contributed by atoms with E-state index in [2.05, 4.69) is 60.7 Å². The fourth-order valence-electron chi connectivity index (χ4n) is 3.49. The maximum Gasteiger partial charge on any atom is 0 e. The van der Waals surface area contributed by atoms with Crippen LogP contribution in [0.15, 0.2) is 54.6 Å². The molecule has 0 nitrogen and oxygen atoms in total. The molecule has 3 heteroatoms. The molecule has 0 saturated carbocycles. The van der Waals surface area contributed by atoms with E-state index in [-0.39, 0.29) is 50.7 Å². The second kappa shape index (κ2) is 7.76. The molecule has 4 rings (SSSR count). The van der Waals surface area contributed by atoms with Gasteiger partial charge in [0.25, 0.3) is 0 Å². The second-order valence-corrected chi connectivity index (χ2v) is 5.23. The van der Waals surface area contributed by atoms with Crippen molar-refractivity contribution in [2.24, 2.45) is 5.92 Å². The van der Waals surface area contributed by atoms with Crippen LogP contribution in [0, 0.1) is 12.0 Å². The van der Waals surface area contributed by atoms with Crippen molar-refractivity contribution in [3.8, 4) is 11.1 Å². The Morgan fingerprint density at radius 1 is 0.952 bits per heavy atom. The smallest absolute Gasteiger partial charge is 0 e. The van der Waals surface area contributed by atoms with Gasteiger partial charge in [-0.05, 0) is 30.2 Å². The first kappa shape index (κ1) is 18.7. The van der Waals surface area contributed by atoms with E-state index in [1.54, 1.807) is 0 Å². The molecular weight excluding hydrogens is 466 g/mol. The van der Waals surface area contributed by atoms with Crippen molar-refractivity contribution in [2.75, 3.05) is 0 Å². The molecule has 0 N–H and O–H groups in total. The number of rotatable bonds is 1. The van der Waals surface area contributed by atoms with E-state index in [4.69, 9.17) is 0 Å². The van der Waals surface area contributed by atoms with E-state index in [9.17, 15) is 0 Å². The molecule has 2 aromatic rings. The Morgan fingerprint density at radius 3 is 2.48 bits per heavy atom. The average Bonchev–Trinajstić information content (AvgIpc) is 3.03. The van der Waals surface area contributed by atoms with Gasteiger partial charge >= 0.3 is 0 Å². The van der Waals surface area contributed by atoms with Gasteiger partial charge in [0.1, 0.15) is 0 Å². The Balaban J connectivity index is 0.000000735. The first-order valence-corrected chi connectivity index (χ1v) is 6.72. The summed E-state index contributed by atoms with van der Waals surface area (Å²) in [5.41, 5.74) is 5.69. The molecule has 0 fully saturated rings. The zero-order chi connectivity index (χ0) is 11.9. The number of halogens is 2. The van der Waals surface area contributed by atoms with Gasteiger partial charge < -0.3 is 24.8 Å². The van der Waals surface area contributed by atoms with Crippen LogP contribution < -0.4 is 24.8 Å². The zero-order valence-electron chi connectivity index (χ0n) is 11.5. The number of allylic oxidation sites excluding steroid dienone is 2. The van der Waals surface area contributed by atoms with E-state index in [0.717, 1.165) is 0 Å². The molecule has 0 radical (unpaired) electrons. The van der Waals surface area contributed by atoms with E-state index >= 15 is 0 Å². The molecule has 0 saturated heterocycles. The molecule has 108 valence electrons. The van der Waals surface area contributed by atoms with Crippen molar-refractivity contribution >= 4 is 0 Å². The van der Waals surface area contributed by atoms with Gasteiger partial charge in [-0.1, -0.05) is 42.0 Å². The third kappa shape index (κ3) is 3.06. The van der Waals surface area contributed by atoms with Crippen LogP contribution in [-0.4, -0.2) is 0 Å². The summed E-state index contributed by atoms with van der Waals surface area (Å²) in [6.07, 6.45) is 7.23. The summed E-state index contributed by atoms with van der Waals surface area (Å²) >= 11 is 0. The Hall–Kier alpha value is -0.370. The van der Waals surface area contributed by atoms with Gasteiger partial charge in [-0.25, -0.2) is 0 Å². The predicted octanol–water partition coefficient (Wildman–Crippen LogP) is -1.43. The summed E-state index contributed by atoms with van der Waals surface area (Å²) < 4.78 is 0. The van der Waals surface area contributed by atoms with Gasteiger partial charge in [0.2, 0.25) is 0 Å². The van der Waals surface area contributed by atoms with E-state index in [1.807, 2.05) is 0 Å². The fourth-order valence-corrected chi connectivity index (χ4v) is 3.49. The molecule has 2 aromatic carbocycles. The Labute approximate surface area is 157 Å². The molecule has 2 unspecified atom stereocenters. The summed E-state index contributed by atoms with van der Waals surface area (Å²) in [6.45, 7) is 0. The summed E-state index contributed by atoms with van der Waals surface area (Å²) in [4.78, 5) is 0. The molecule has 0 heterocycles. The summed E-state index contributed by atoms with van der Waals surface area (Å²) in [5.74, 6) is 1.18. The third-order valence-corrected chi connectivity index (χ3v) is 4.26. The maximum atomic E-state index is 3.49. The van der Waals surface area contributed by atoms with Gasteiger partial charge in [-0.2, -0.15) is 24.3 Å². The van der Waals surface area contributed by atoms with Crippen molar-refractivity contribution in [3.63, 3.8) is 0 Å². The molecule has 21 heavy (non-hydrogen) atoms. The Morgan fingerprint density at radius 2 is 1.71 bits per heavy atom. The summed E-state index contributed by atoms with van der Waals surface area (Å²) in [5, 5.41) is 0. The van der Waals surface area contributed by atoms with Crippen LogP contribution in [0.3, 0.4) is 0 Å². The SMILES string of the molecule is [Cl-].[Cl-].[Hf].[c-]1cccc2c1C(C1C=CCC1)c1ccccc1-2. The molecular formula is C18H15Cl2Hf-3. The average molecular weight is 481 g/mol. The molecule has 0 aliphatic heterocycles. The maximum absolute atomic E-state index is 3.49. The molecule has 0 amide bonds. The quantitative estimate of drug-likeness (QED) is 0.267. The first-order valence-electron chi connectivity index (χ1n) is 6.72. The Bertz CT molecular complexity index is 591. The predicted molar refractivity (Wildman–Crippen MR) is 74.4 cm³/mol. The van der Waals surface area contributed by atoms with Crippen LogP contribution in [0.25, 0.3) is 11.1 Å². The third-order valence-electron chi connectivity index (χ3n) is 4.26. The van der Waals surface area contributed by atoms with E-state index in [0.29, 0.717) is 11.8 Å². The van der Waals surface area contributed by atoms with Crippen molar-refractivity contribution in [1.82, 2.24) is 0 Å². The molecule has 2 atom stereocenters. The van der Waals surface area contributed by atoms with Crippen LogP contribution >= 0.6 is 0 Å². The molecule has 0 bridgehead atoms. The topological polar surface area (TPSA) is 0 Å². The minimum atomic E-state index is 0. The van der Waals surface area contributed by atoms with Crippen molar-refractivity contribution < 1.29 is 50.7 Å². The van der Waals surface area contributed by atoms with E-state index < -0.39 is 0 Å². The van der Waals surface area contributed by atoms with Gasteiger partial charge in [-0.3, -0.25) is 0 Å². The monoisotopic (exact) mass is 481 g/mol. The van der Waals surface area contributed by atoms with Crippen LogP contribution in [0.5, 0.6) is 0 Å². The number of hydrogen-bond acceptors (Lipinski definition) is 0. The summed E-state index contributed by atoms with van der Waals surface area (Å²) in [6, 6.07) is 18.7. The standard InChI is InChI=1S/C18H15.2ClH.Hf/c1-2-8-13(7-1)18-16-11-5-3-9-14(16)15-10-4-6-12-17(15)18;;;/h1,3-7,9-11,13,18H,2,8H2;2*1H;/q-1;;;/p-2. The first-order chi connectivity index (χ1) is 8.95. The Kier molecular flexibility index (Phi) is 6.90. The van der Waals surface area contributed by atoms with Crippen LogP contribution in [0.4, 0.5) is 0 Å². The van der Waals surface area contributed by atoms with Gasteiger partial charge in [-0.15, -0.1) is 11.1 Å². The van der Waals surface area contributed by atoms with Crippen LogP contribution in [-0.2, 0) is 25.8 Å². The van der Waals surface area contributed by atoms with Gasteiger partial charge in [0, 0.05) is 25.8 Å². The van der Waals surface area contributed by atoms with Crippen molar-refractivity contribution in [1.29, 1.82) is 0 Å². The van der Waals surface area contributed by atoms with Crippen LogP contribution in [0.2, 0.25) is 0 Å². The molecule has 2 aliphatic rings. The van der Waals surface area contributed by atoms with Gasteiger partial charge in [0.05, 0.1) is 0 Å². The van der Waals surface area contributed by atoms with Crippen molar-refractivity contribution in [2.45, 2.75) is 18.8 Å². The normalized spacial score (nSPS) is 20.6. The van der Waals surface area contributed by atoms with Crippen molar-refractivity contribution in [3.05, 3.63) is 71.8 Å². The molecule has 2 aliphatic carbocycles. The van der Waals surface area contributed by atoms with E-state index in [1.165, 1.54) is 35.1 Å². The second-order valence-electron chi connectivity index (χ2n) is 5.23. The number of benzene rings is 2. The summed E-state index contributed by atoms with van der Waals surface area (Å²) in [7, 11) is 0. The minimum Gasteiger partial charge on any atom is -1.00 e. The van der Waals surface area contributed by atoms with Gasteiger partial charge in [0.15, 0.2) is 0 Å². The number of fused-ring (bicyclic) bond motifs is 3. The fraction of sp³-hybridized carbons (Fsp3) is 0.222. The van der Waals surface area contributed by atoms with Crippen LogP contribution in [0.1, 0.15) is 29.9 Å². The molecule has 0 aromatic heterocycles. The minimum absolute atomic E-state index is 0. The molecule has 0 spiro atoms.